The van der Waals surface area contributed by atoms with Gasteiger partial charge in [0.05, 0.1) is 36.7 Å². The molecule has 1 aromatic carbocycles. The van der Waals surface area contributed by atoms with E-state index in [4.69, 9.17) is 14.2 Å². The standard InChI is InChI=1S/C28H35NO6Si/c1-5-12-33-28(32)26-24-21-15-19(35-17-18-8-6-7-11-29-18)9-10-20(21)22(16-23(24)30)25(26)27(31)34-13-14-36(2,3)4/h6-11,15,22,24-26H,5,12-14,16-17H2,1-4H3/t22-,24-,25-,26-/m1/s1. The van der Waals surface area contributed by atoms with Crippen molar-refractivity contribution in [2.45, 2.75) is 63.9 Å². The second-order valence-electron chi connectivity index (χ2n) is 10.9. The number of rotatable bonds is 10. The summed E-state index contributed by atoms with van der Waals surface area (Å²) < 4.78 is 17.1. The Morgan fingerprint density at radius 3 is 2.44 bits per heavy atom. The minimum atomic E-state index is -1.40. The van der Waals surface area contributed by atoms with Gasteiger partial charge in [0, 0.05) is 26.6 Å². The molecule has 3 aliphatic rings. The van der Waals surface area contributed by atoms with Crippen LogP contribution in [0.5, 0.6) is 5.75 Å². The molecule has 0 amide bonds. The molecular weight excluding hydrogens is 474 g/mol. The minimum absolute atomic E-state index is 0.0426. The largest absolute Gasteiger partial charge is 0.487 e. The maximum Gasteiger partial charge on any atom is 0.310 e. The van der Waals surface area contributed by atoms with Crippen LogP contribution in [0, 0.1) is 11.8 Å². The number of benzene rings is 1. The number of pyridine rings is 1. The number of aromatic nitrogens is 1. The van der Waals surface area contributed by atoms with E-state index in [1.165, 1.54) is 0 Å². The Balaban J connectivity index is 1.62. The van der Waals surface area contributed by atoms with Crippen molar-refractivity contribution in [1.29, 1.82) is 0 Å². The number of carbonyl (C=O) groups excluding carboxylic acids is 3. The van der Waals surface area contributed by atoms with E-state index in [0.29, 0.717) is 18.8 Å². The lowest BCUT2D eigenvalue weighted by Gasteiger charge is -2.46. The molecule has 0 N–H and O–H groups in total. The van der Waals surface area contributed by atoms with Crippen LogP contribution >= 0.6 is 0 Å². The molecule has 7 nitrogen and oxygen atoms in total. The monoisotopic (exact) mass is 509 g/mol. The highest BCUT2D eigenvalue weighted by Crippen LogP contribution is 2.55. The first-order valence-electron chi connectivity index (χ1n) is 12.7. The van der Waals surface area contributed by atoms with Crippen molar-refractivity contribution in [3.8, 4) is 5.75 Å². The molecule has 5 rings (SSSR count). The Hall–Kier alpha value is -3.00. The van der Waals surface area contributed by atoms with Crippen LogP contribution in [0.15, 0.2) is 42.6 Å². The highest BCUT2D eigenvalue weighted by atomic mass is 28.3. The Morgan fingerprint density at radius 2 is 1.75 bits per heavy atom. The van der Waals surface area contributed by atoms with E-state index in [9.17, 15) is 14.4 Å². The molecule has 2 bridgehead atoms. The van der Waals surface area contributed by atoms with Crippen molar-refractivity contribution in [3.63, 3.8) is 0 Å². The fourth-order valence-corrected chi connectivity index (χ4v) is 5.85. The molecule has 192 valence electrons. The third kappa shape index (κ3) is 5.69. The summed E-state index contributed by atoms with van der Waals surface area (Å²) in [4.78, 5) is 44.1. The van der Waals surface area contributed by atoms with Gasteiger partial charge < -0.3 is 14.2 Å². The number of hydrogen-bond donors (Lipinski definition) is 0. The number of nitrogens with zero attached hydrogens (tertiary/aromatic N) is 1. The Kier molecular flexibility index (Phi) is 7.93. The maximum atomic E-state index is 13.3. The zero-order chi connectivity index (χ0) is 25.9. The number of fused-ring (bicyclic) bond motifs is 2. The first-order valence-corrected chi connectivity index (χ1v) is 16.4. The van der Waals surface area contributed by atoms with Crippen molar-refractivity contribution in [2.24, 2.45) is 11.8 Å². The molecule has 2 aromatic rings. The third-order valence-corrected chi connectivity index (χ3v) is 8.65. The van der Waals surface area contributed by atoms with Gasteiger partial charge in [-0.15, -0.1) is 0 Å². The van der Waals surface area contributed by atoms with E-state index in [1.54, 1.807) is 6.20 Å². The van der Waals surface area contributed by atoms with E-state index in [1.807, 2.05) is 43.3 Å². The van der Waals surface area contributed by atoms with Crippen LogP contribution in [0.4, 0.5) is 0 Å². The first kappa shape index (κ1) is 26.1. The molecule has 0 spiro atoms. The maximum absolute atomic E-state index is 13.3. The predicted octanol–water partition coefficient (Wildman–Crippen LogP) is 4.88. The van der Waals surface area contributed by atoms with Gasteiger partial charge in [0.15, 0.2) is 0 Å². The Morgan fingerprint density at radius 1 is 1.00 bits per heavy atom. The number of ether oxygens (including phenoxy) is 3. The van der Waals surface area contributed by atoms with Gasteiger partial charge in [-0.2, -0.15) is 0 Å². The predicted molar refractivity (Wildman–Crippen MR) is 137 cm³/mol. The van der Waals surface area contributed by atoms with Gasteiger partial charge in [-0.3, -0.25) is 19.4 Å². The zero-order valence-electron chi connectivity index (χ0n) is 21.5. The molecule has 36 heavy (non-hydrogen) atoms. The fourth-order valence-electron chi connectivity index (χ4n) is 5.14. The normalized spacial score (nSPS) is 22.6. The SMILES string of the molecule is CCCOC(=O)[C@H]1[C@H](C(=O)OCC[Si](C)(C)C)[C@@H]2CC(=O)[C@H]1c1cc(OCc3ccccn3)ccc12. The summed E-state index contributed by atoms with van der Waals surface area (Å²) in [5, 5.41) is 0. The number of carbonyl (C=O) groups is 3. The fraction of sp³-hybridized carbons (Fsp3) is 0.500. The molecule has 1 fully saturated rings. The van der Waals surface area contributed by atoms with Crippen LogP contribution in [0.2, 0.25) is 25.7 Å². The second-order valence-corrected chi connectivity index (χ2v) is 16.5. The smallest absolute Gasteiger partial charge is 0.310 e. The summed E-state index contributed by atoms with van der Waals surface area (Å²) in [6.07, 6.45) is 2.59. The number of ketones is 1. The molecule has 3 aliphatic carbocycles. The van der Waals surface area contributed by atoms with Crippen LogP contribution < -0.4 is 4.74 Å². The van der Waals surface area contributed by atoms with Crippen LogP contribution in [0.1, 0.15) is 48.4 Å². The van der Waals surface area contributed by atoms with Crippen LogP contribution in [-0.4, -0.2) is 44.0 Å². The van der Waals surface area contributed by atoms with E-state index in [0.717, 1.165) is 22.9 Å². The summed E-state index contributed by atoms with van der Waals surface area (Å²) in [5.41, 5.74) is 2.45. The van der Waals surface area contributed by atoms with Gasteiger partial charge in [0.2, 0.25) is 0 Å². The molecule has 0 aliphatic heterocycles. The number of esters is 2. The van der Waals surface area contributed by atoms with Gasteiger partial charge in [-0.1, -0.05) is 38.7 Å². The summed E-state index contributed by atoms with van der Waals surface area (Å²) in [6, 6.07) is 12.1. The highest BCUT2D eigenvalue weighted by molar-refractivity contribution is 6.76. The van der Waals surface area contributed by atoms with Crippen molar-refractivity contribution >= 4 is 25.8 Å². The van der Waals surface area contributed by atoms with Gasteiger partial charge in [-0.25, -0.2) is 0 Å². The van der Waals surface area contributed by atoms with Crippen molar-refractivity contribution < 1.29 is 28.6 Å². The topological polar surface area (TPSA) is 91.8 Å². The zero-order valence-corrected chi connectivity index (χ0v) is 22.5. The Bertz CT molecular complexity index is 1110. The average Bonchev–Trinajstić information content (AvgIpc) is 2.85. The first-order chi connectivity index (χ1) is 17.2. The van der Waals surface area contributed by atoms with Gasteiger partial charge in [-0.05, 0) is 47.9 Å². The average molecular weight is 510 g/mol. The van der Waals surface area contributed by atoms with Crippen LogP contribution in [0.25, 0.3) is 0 Å². The van der Waals surface area contributed by atoms with Gasteiger partial charge in [0.1, 0.15) is 18.1 Å². The number of hydrogen-bond acceptors (Lipinski definition) is 7. The highest BCUT2D eigenvalue weighted by Gasteiger charge is 2.57. The molecular formula is C28H35NO6Si. The quantitative estimate of drug-likeness (QED) is 0.333. The molecule has 0 saturated heterocycles. The molecule has 1 saturated carbocycles. The molecule has 1 heterocycles. The molecule has 8 heteroatoms. The Labute approximate surface area is 213 Å². The summed E-state index contributed by atoms with van der Waals surface area (Å²) in [5.74, 6) is -3.14. The van der Waals surface area contributed by atoms with Gasteiger partial charge in [0.25, 0.3) is 0 Å². The third-order valence-electron chi connectivity index (χ3n) is 6.94. The van der Waals surface area contributed by atoms with E-state index in [2.05, 4.69) is 24.6 Å². The van der Waals surface area contributed by atoms with E-state index >= 15 is 0 Å². The summed E-state index contributed by atoms with van der Waals surface area (Å²) >= 11 is 0. The summed E-state index contributed by atoms with van der Waals surface area (Å²) in [7, 11) is -1.40. The van der Waals surface area contributed by atoms with Gasteiger partial charge >= 0.3 is 11.9 Å². The summed E-state index contributed by atoms with van der Waals surface area (Å²) in [6.45, 7) is 9.44. The van der Waals surface area contributed by atoms with Crippen LogP contribution in [-0.2, 0) is 30.5 Å². The van der Waals surface area contributed by atoms with Crippen molar-refractivity contribution in [1.82, 2.24) is 4.98 Å². The molecule has 1 aromatic heterocycles. The minimum Gasteiger partial charge on any atom is -0.487 e. The second kappa shape index (κ2) is 10.9. The number of Topliss-reactive ketones (excluding diaryl/α,β-unsaturated/α-hetero) is 1. The molecule has 4 atom stereocenters. The lowest BCUT2D eigenvalue weighted by atomic mass is 9.55. The van der Waals surface area contributed by atoms with Crippen molar-refractivity contribution in [2.75, 3.05) is 13.2 Å². The molecule has 0 unspecified atom stereocenters. The van der Waals surface area contributed by atoms with Crippen molar-refractivity contribution in [3.05, 3.63) is 59.4 Å². The lowest BCUT2D eigenvalue weighted by Crippen LogP contribution is -2.50. The lowest BCUT2D eigenvalue weighted by molar-refractivity contribution is -0.167. The van der Waals surface area contributed by atoms with Crippen LogP contribution in [0.3, 0.4) is 0 Å². The molecule has 0 radical (unpaired) electrons. The van der Waals surface area contributed by atoms with E-state index < -0.39 is 43.7 Å². The van der Waals surface area contributed by atoms with E-state index in [-0.39, 0.29) is 25.4 Å².